The number of methoxy groups -OCH3 is 2. The van der Waals surface area contributed by atoms with E-state index in [0.717, 1.165) is 46.5 Å². The van der Waals surface area contributed by atoms with Crippen LogP contribution in [0.5, 0.6) is 11.5 Å². The fourth-order valence-corrected chi connectivity index (χ4v) is 4.41. The number of hydrogen-bond donors (Lipinski definition) is 1. The van der Waals surface area contributed by atoms with Crippen LogP contribution >= 0.6 is 0 Å². The van der Waals surface area contributed by atoms with Gasteiger partial charge in [-0.3, -0.25) is 14.7 Å². The number of likely N-dealkylation sites (tertiary alicyclic amines) is 1. The van der Waals surface area contributed by atoms with E-state index in [1.54, 1.807) is 14.2 Å². The molecule has 1 aliphatic heterocycles. The molecule has 156 valence electrons. The monoisotopic (exact) mass is 406 g/mol. The normalized spacial score (nSPS) is 18.1. The molecule has 0 amide bonds. The Balaban J connectivity index is 1.91. The zero-order chi connectivity index (χ0) is 21.1. The van der Waals surface area contributed by atoms with Crippen LogP contribution in [0.15, 0.2) is 54.7 Å². The SMILES string of the molecule is COc1ccc(OC)c(C(c2ccnc3ccccc23)N2CCCC(C(=O)O)C2)c1. The zero-order valence-corrected chi connectivity index (χ0v) is 17.2. The molecule has 1 aliphatic rings. The summed E-state index contributed by atoms with van der Waals surface area (Å²) in [4.78, 5) is 18.5. The third-order valence-electron chi connectivity index (χ3n) is 5.88. The average molecular weight is 406 g/mol. The van der Waals surface area contributed by atoms with Gasteiger partial charge in [-0.2, -0.15) is 0 Å². The van der Waals surface area contributed by atoms with Gasteiger partial charge in [0.15, 0.2) is 0 Å². The van der Waals surface area contributed by atoms with Gasteiger partial charge in [-0.25, -0.2) is 0 Å². The van der Waals surface area contributed by atoms with Crippen molar-refractivity contribution in [3.05, 3.63) is 65.9 Å². The molecule has 0 spiro atoms. The van der Waals surface area contributed by atoms with Gasteiger partial charge in [0.1, 0.15) is 11.5 Å². The molecule has 1 fully saturated rings. The molecule has 2 heterocycles. The predicted octanol–water partition coefficient (Wildman–Crippen LogP) is 4.14. The van der Waals surface area contributed by atoms with Crippen molar-refractivity contribution in [3.8, 4) is 11.5 Å². The minimum atomic E-state index is -0.740. The molecule has 30 heavy (non-hydrogen) atoms. The summed E-state index contributed by atoms with van der Waals surface area (Å²) < 4.78 is 11.2. The Hall–Kier alpha value is -3.12. The average Bonchev–Trinajstić information content (AvgIpc) is 2.79. The largest absolute Gasteiger partial charge is 0.497 e. The first-order valence-corrected chi connectivity index (χ1v) is 10.1. The van der Waals surface area contributed by atoms with E-state index in [1.807, 2.05) is 48.7 Å². The fraction of sp³-hybridized carbons (Fsp3) is 0.333. The van der Waals surface area contributed by atoms with E-state index in [9.17, 15) is 9.90 Å². The van der Waals surface area contributed by atoms with Crippen LogP contribution in [0.3, 0.4) is 0 Å². The molecule has 2 atom stereocenters. The second-order valence-corrected chi connectivity index (χ2v) is 7.60. The molecule has 1 N–H and O–H groups in total. The predicted molar refractivity (Wildman–Crippen MR) is 115 cm³/mol. The second-order valence-electron chi connectivity index (χ2n) is 7.60. The quantitative estimate of drug-likeness (QED) is 0.663. The summed E-state index contributed by atoms with van der Waals surface area (Å²) >= 11 is 0. The summed E-state index contributed by atoms with van der Waals surface area (Å²) in [5, 5.41) is 10.7. The van der Waals surface area contributed by atoms with Crippen molar-refractivity contribution in [3.63, 3.8) is 0 Å². The Bertz CT molecular complexity index is 1050. The van der Waals surface area contributed by atoms with E-state index in [1.165, 1.54) is 0 Å². The third-order valence-corrected chi connectivity index (χ3v) is 5.88. The summed E-state index contributed by atoms with van der Waals surface area (Å²) in [6.07, 6.45) is 3.35. The molecule has 1 aromatic heterocycles. The maximum atomic E-state index is 11.8. The zero-order valence-electron chi connectivity index (χ0n) is 17.2. The van der Waals surface area contributed by atoms with E-state index < -0.39 is 5.97 Å². The number of ether oxygens (including phenoxy) is 2. The van der Waals surface area contributed by atoms with Gasteiger partial charge >= 0.3 is 5.97 Å². The number of rotatable bonds is 6. The molecule has 0 bridgehead atoms. The van der Waals surface area contributed by atoms with Crippen LogP contribution in [-0.4, -0.2) is 48.3 Å². The lowest BCUT2D eigenvalue weighted by Gasteiger charge is -2.38. The maximum absolute atomic E-state index is 11.8. The number of piperidine rings is 1. The second kappa shape index (κ2) is 8.71. The van der Waals surface area contributed by atoms with E-state index >= 15 is 0 Å². The van der Waals surface area contributed by atoms with Gasteiger partial charge in [0.25, 0.3) is 0 Å². The number of hydrogen-bond acceptors (Lipinski definition) is 5. The van der Waals surface area contributed by atoms with E-state index in [0.29, 0.717) is 13.0 Å². The molecule has 0 radical (unpaired) electrons. The van der Waals surface area contributed by atoms with E-state index in [2.05, 4.69) is 16.0 Å². The number of aromatic nitrogens is 1. The lowest BCUT2D eigenvalue weighted by Crippen LogP contribution is -2.41. The highest BCUT2D eigenvalue weighted by Crippen LogP contribution is 2.41. The summed E-state index contributed by atoms with van der Waals surface area (Å²) in [6, 6.07) is 15.7. The van der Waals surface area contributed by atoms with Gasteiger partial charge in [0.2, 0.25) is 0 Å². The molecule has 1 saturated heterocycles. The minimum absolute atomic E-state index is 0.176. The topological polar surface area (TPSA) is 71.9 Å². The van der Waals surface area contributed by atoms with Crippen molar-refractivity contribution in [1.29, 1.82) is 0 Å². The number of carboxylic acids is 1. The maximum Gasteiger partial charge on any atom is 0.307 e. The molecule has 0 aliphatic carbocycles. The molecular weight excluding hydrogens is 380 g/mol. The molecule has 2 unspecified atom stereocenters. The fourth-order valence-electron chi connectivity index (χ4n) is 4.41. The van der Waals surface area contributed by atoms with Crippen LogP contribution in [0.25, 0.3) is 10.9 Å². The van der Waals surface area contributed by atoms with Crippen LogP contribution < -0.4 is 9.47 Å². The van der Waals surface area contributed by atoms with Crippen molar-refractivity contribution in [2.45, 2.75) is 18.9 Å². The van der Waals surface area contributed by atoms with Crippen LogP contribution in [0.2, 0.25) is 0 Å². The summed E-state index contributed by atoms with van der Waals surface area (Å²) in [5.41, 5.74) is 2.95. The first kappa shape index (κ1) is 20.2. The number of nitrogens with zero attached hydrogens (tertiary/aromatic N) is 2. The smallest absolute Gasteiger partial charge is 0.307 e. The van der Waals surface area contributed by atoms with Crippen molar-refractivity contribution in [1.82, 2.24) is 9.88 Å². The first-order valence-electron chi connectivity index (χ1n) is 10.1. The molecule has 6 heteroatoms. The minimum Gasteiger partial charge on any atom is -0.497 e. The van der Waals surface area contributed by atoms with Gasteiger partial charge in [-0.1, -0.05) is 18.2 Å². The Morgan fingerprint density at radius 1 is 1.13 bits per heavy atom. The standard InChI is InChI=1S/C24H26N2O4/c1-29-17-9-10-22(30-2)20(14-17)23(26-13-5-6-16(15-26)24(27)28)19-11-12-25-21-8-4-3-7-18(19)21/h3-4,7-12,14,16,23H,5-6,13,15H2,1-2H3,(H,27,28). The van der Waals surface area contributed by atoms with Crippen LogP contribution in [0, 0.1) is 5.92 Å². The molecule has 2 aromatic carbocycles. The van der Waals surface area contributed by atoms with Crippen LogP contribution in [0.4, 0.5) is 0 Å². The highest BCUT2D eigenvalue weighted by molar-refractivity contribution is 5.83. The Morgan fingerprint density at radius 3 is 2.73 bits per heavy atom. The Kier molecular flexibility index (Phi) is 5.86. The lowest BCUT2D eigenvalue weighted by molar-refractivity contribution is -0.143. The summed E-state index contributed by atoms with van der Waals surface area (Å²) in [5.74, 6) is 0.363. The van der Waals surface area contributed by atoms with Crippen molar-refractivity contribution in [2.75, 3.05) is 27.3 Å². The third kappa shape index (κ3) is 3.83. The number of fused-ring (bicyclic) bond motifs is 1. The first-order chi connectivity index (χ1) is 14.6. The Labute approximate surface area is 176 Å². The van der Waals surface area contributed by atoms with Gasteiger partial charge in [-0.05, 0) is 55.3 Å². The van der Waals surface area contributed by atoms with Gasteiger partial charge in [-0.15, -0.1) is 0 Å². The van der Waals surface area contributed by atoms with Crippen molar-refractivity contribution < 1.29 is 19.4 Å². The summed E-state index contributed by atoms with van der Waals surface area (Å²) in [6.45, 7) is 1.29. The molecule has 4 rings (SSSR count). The molecule has 3 aromatic rings. The number of aliphatic carboxylic acids is 1. The molecule has 0 saturated carbocycles. The number of pyridine rings is 1. The number of carboxylic acid groups (broad SMARTS) is 1. The van der Waals surface area contributed by atoms with Crippen molar-refractivity contribution >= 4 is 16.9 Å². The summed E-state index contributed by atoms with van der Waals surface area (Å²) in [7, 11) is 3.30. The Morgan fingerprint density at radius 2 is 1.97 bits per heavy atom. The van der Waals surface area contributed by atoms with E-state index in [-0.39, 0.29) is 12.0 Å². The van der Waals surface area contributed by atoms with Gasteiger partial charge in [0.05, 0.1) is 31.7 Å². The van der Waals surface area contributed by atoms with E-state index in [4.69, 9.17) is 9.47 Å². The molecular formula is C24H26N2O4. The number of para-hydroxylation sites is 1. The highest BCUT2D eigenvalue weighted by atomic mass is 16.5. The molecule has 6 nitrogen and oxygen atoms in total. The lowest BCUT2D eigenvalue weighted by atomic mass is 9.89. The van der Waals surface area contributed by atoms with Crippen LogP contribution in [-0.2, 0) is 4.79 Å². The highest BCUT2D eigenvalue weighted by Gasteiger charge is 2.33. The number of benzene rings is 2. The van der Waals surface area contributed by atoms with Gasteiger partial charge in [0, 0.05) is 23.7 Å². The van der Waals surface area contributed by atoms with Gasteiger partial charge < -0.3 is 14.6 Å². The van der Waals surface area contributed by atoms with Crippen LogP contribution in [0.1, 0.15) is 30.0 Å². The number of carbonyl (C=O) groups is 1. The van der Waals surface area contributed by atoms with Crippen molar-refractivity contribution in [2.24, 2.45) is 5.92 Å².